The molecule has 2 rings (SSSR count). The Bertz CT molecular complexity index is 701. The third-order valence-electron chi connectivity index (χ3n) is 2.81. The van der Waals surface area contributed by atoms with Gasteiger partial charge in [-0.3, -0.25) is 9.78 Å². The topological polar surface area (TPSA) is 54.9 Å². The molecule has 2 aromatic heterocycles. The molecule has 0 bridgehead atoms. The summed E-state index contributed by atoms with van der Waals surface area (Å²) >= 11 is 21.4. The highest BCUT2D eigenvalue weighted by Gasteiger charge is 2.16. The van der Waals surface area contributed by atoms with E-state index in [1.165, 1.54) is 0 Å². The number of carbonyl (C=O) groups is 1. The van der Waals surface area contributed by atoms with Gasteiger partial charge in [-0.2, -0.15) is 0 Å². The first-order valence-corrected chi connectivity index (χ1v) is 8.22. The van der Waals surface area contributed by atoms with Crippen LogP contribution in [0.25, 0.3) is 0 Å². The van der Waals surface area contributed by atoms with E-state index < -0.39 is 0 Å². The van der Waals surface area contributed by atoms with Gasteiger partial charge in [-0.05, 0) is 35.0 Å². The molecule has 4 nitrogen and oxygen atoms in total. The van der Waals surface area contributed by atoms with Crippen LogP contribution in [0.3, 0.4) is 0 Å². The van der Waals surface area contributed by atoms with Crippen molar-refractivity contribution in [3.8, 4) is 0 Å². The van der Waals surface area contributed by atoms with Crippen LogP contribution < -0.4 is 5.32 Å². The third-order valence-corrected chi connectivity index (χ3v) is 4.15. The maximum absolute atomic E-state index is 12.1. The number of carbonyl (C=O) groups excluding carboxylic acids is 1. The molecule has 0 aliphatic heterocycles. The van der Waals surface area contributed by atoms with Crippen molar-refractivity contribution in [1.29, 1.82) is 0 Å². The van der Waals surface area contributed by atoms with Gasteiger partial charge in [0.05, 0.1) is 21.3 Å². The van der Waals surface area contributed by atoms with E-state index in [4.69, 9.17) is 34.8 Å². The molecule has 1 N–H and O–H groups in total. The van der Waals surface area contributed by atoms with Crippen LogP contribution in [0, 0.1) is 6.92 Å². The Morgan fingerprint density at radius 1 is 1.27 bits per heavy atom. The number of amides is 1. The summed E-state index contributed by atoms with van der Waals surface area (Å²) in [4.78, 5) is 20.4. The Hall–Kier alpha value is -0.880. The average molecular weight is 424 g/mol. The van der Waals surface area contributed by atoms with E-state index in [1.54, 1.807) is 25.3 Å². The Kier molecular flexibility index (Phi) is 6.03. The largest absolute Gasteiger partial charge is 0.352 e. The Morgan fingerprint density at radius 3 is 2.64 bits per heavy atom. The number of aromatic nitrogens is 2. The molecule has 0 saturated carbocycles. The van der Waals surface area contributed by atoms with Crippen molar-refractivity contribution in [3.63, 3.8) is 0 Å². The van der Waals surface area contributed by atoms with E-state index in [1.807, 2.05) is 0 Å². The molecule has 8 heteroatoms. The first-order valence-electron chi connectivity index (χ1n) is 6.29. The quantitative estimate of drug-likeness (QED) is 0.738. The molecule has 2 aromatic rings. The molecule has 1 amide bonds. The lowest BCUT2D eigenvalue weighted by Crippen LogP contribution is -2.27. The highest BCUT2D eigenvalue weighted by molar-refractivity contribution is 9.10. The fourth-order valence-corrected chi connectivity index (χ4v) is 3.24. The van der Waals surface area contributed by atoms with Crippen LogP contribution in [0.1, 0.15) is 21.7 Å². The molecular formula is C14H11BrCl3N3O. The Labute approximate surface area is 151 Å². The molecular weight excluding hydrogens is 412 g/mol. The molecule has 116 valence electrons. The number of rotatable bonds is 4. The monoisotopic (exact) mass is 421 g/mol. The van der Waals surface area contributed by atoms with Gasteiger partial charge in [0.2, 0.25) is 0 Å². The summed E-state index contributed by atoms with van der Waals surface area (Å²) in [5.41, 5.74) is 1.52. The van der Waals surface area contributed by atoms with Crippen molar-refractivity contribution >= 4 is 56.6 Å². The molecule has 0 unspecified atom stereocenters. The predicted molar refractivity (Wildman–Crippen MR) is 92.0 cm³/mol. The molecule has 2 heterocycles. The van der Waals surface area contributed by atoms with Crippen LogP contribution in [0.5, 0.6) is 0 Å². The second-order valence-electron chi connectivity index (χ2n) is 4.50. The molecule has 0 aliphatic rings. The summed E-state index contributed by atoms with van der Waals surface area (Å²) in [6.07, 6.45) is 2.15. The fourth-order valence-electron chi connectivity index (χ4n) is 1.81. The van der Waals surface area contributed by atoms with E-state index in [0.29, 0.717) is 29.4 Å². The summed E-state index contributed by atoms with van der Waals surface area (Å²) < 4.78 is 0.801. The van der Waals surface area contributed by atoms with Crippen LogP contribution >= 0.6 is 50.7 Å². The van der Waals surface area contributed by atoms with Gasteiger partial charge in [0, 0.05) is 29.3 Å². The van der Waals surface area contributed by atoms with Crippen LogP contribution in [0.15, 0.2) is 22.8 Å². The lowest BCUT2D eigenvalue weighted by Gasteiger charge is -2.09. The van der Waals surface area contributed by atoms with Gasteiger partial charge in [-0.1, -0.05) is 34.8 Å². The second kappa shape index (κ2) is 7.59. The van der Waals surface area contributed by atoms with Crippen molar-refractivity contribution in [3.05, 3.63) is 55.0 Å². The van der Waals surface area contributed by atoms with Crippen molar-refractivity contribution in [1.82, 2.24) is 15.3 Å². The lowest BCUT2D eigenvalue weighted by atomic mass is 10.2. The third kappa shape index (κ3) is 4.32. The van der Waals surface area contributed by atoms with E-state index in [-0.39, 0.29) is 21.6 Å². The van der Waals surface area contributed by atoms with Gasteiger partial charge in [-0.25, -0.2) is 4.98 Å². The second-order valence-corrected chi connectivity index (χ2v) is 6.59. The van der Waals surface area contributed by atoms with Crippen LogP contribution in [-0.2, 0) is 6.42 Å². The van der Waals surface area contributed by atoms with Gasteiger partial charge < -0.3 is 5.32 Å². The molecule has 0 radical (unpaired) electrons. The predicted octanol–water partition coefficient (Wildman–Crippen LogP) is 4.48. The molecule has 0 fully saturated rings. The van der Waals surface area contributed by atoms with Crippen LogP contribution in [0.4, 0.5) is 0 Å². The number of nitrogens with one attached hydrogen (secondary N) is 1. The van der Waals surface area contributed by atoms with Crippen molar-refractivity contribution in [2.75, 3.05) is 6.54 Å². The molecule has 22 heavy (non-hydrogen) atoms. The van der Waals surface area contributed by atoms with Gasteiger partial charge in [0.1, 0.15) is 5.15 Å². The van der Waals surface area contributed by atoms with E-state index >= 15 is 0 Å². The van der Waals surface area contributed by atoms with Crippen molar-refractivity contribution in [2.45, 2.75) is 13.3 Å². The van der Waals surface area contributed by atoms with Gasteiger partial charge in [-0.15, -0.1) is 0 Å². The van der Waals surface area contributed by atoms with Gasteiger partial charge in [0.25, 0.3) is 5.91 Å². The first-order chi connectivity index (χ1) is 10.4. The molecule has 0 saturated heterocycles. The lowest BCUT2D eigenvalue weighted by molar-refractivity contribution is 0.0954. The molecule has 0 aliphatic carbocycles. The standard InChI is InChI=1S/C14H11BrCl3N3O/c1-7-4-10(17)12(13(18)21-7)14(22)19-3-2-11-9(16)5-8(15)6-20-11/h4-6H,2-3H2,1H3,(H,19,22). The average Bonchev–Trinajstić information content (AvgIpc) is 2.40. The number of pyridine rings is 2. The van der Waals surface area contributed by atoms with E-state index in [9.17, 15) is 4.79 Å². The van der Waals surface area contributed by atoms with Crippen LogP contribution in [0.2, 0.25) is 15.2 Å². The minimum absolute atomic E-state index is 0.0855. The number of halogens is 4. The first kappa shape index (κ1) is 17.5. The normalized spacial score (nSPS) is 10.6. The highest BCUT2D eigenvalue weighted by atomic mass is 79.9. The number of nitrogens with zero attached hydrogens (tertiary/aromatic N) is 2. The number of aryl methyl sites for hydroxylation is 1. The van der Waals surface area contributed by atoms with E-state index in [2.05, 4.69) is 31.2 Å². The Balaban J connectivity index is 2.02. The number of hydrogen-bond acceptors (Lipinski definition) is 3. The summed E-state index contributed by atoms with van der Waals surface area (Å²) in [7, 11) is 0. The molecule has 0 aromatic carbocycles. The van der Waals surface area contributed by atoms with Crippen molar-refractivity contribution in [2.24, 2.45) is 0 Å². The Morgan fingerprint density at radius 2 is 2.00 bits per heavy atom. The summed E-state index contributed by atoms with van der Waals surface area (Å²) in [5.74, 6) is -0.379. The molecule has 0 spiro atoms. The smallest absolute Gasteiger partial charge is 0.255 e. The van der Waals surface area contributed by atoms with Crippen molar-refractivity contribution < 1.29 is 4.79 Å². The van der Waals surface area contributed by atoms with Crippen LogP contribution in [-0.4, -0.2) is 22.4 Å². The minimum Gasteiger partial charge on any atom is -0.352 e. The zero-order chi connectivity index (χ0) is 16.3. The minimum atomic E-state index is -0.379. The summed E-state index contributed by atoms with van der Waals surface area (Å²) in [5, 5.41) is 3.63. The van der Waals surface area contributed by atoms with Gasteiger partial charge in [0.15, 0.2) is 0 Å². The zero-order valence-electron chi connectivity index (χ0n) is 11.5. The number of hydrogen-bond donors (Lipinski definition) is 1. The SMILES string of the molecule is Cc1cc(Cl)c(C(=O)NCCc2ncc(Br)cc2Cl)c(Cl)n1. The molecule has 0 atom stereocenters. The fraction of sp³-hybridized carbons (Fsp3) is 0.214. The van der Waals surface area contributed by atoms with Gasteiger partial charge >= 0.3 is 0 Å². The zero-order valence-corrected chi connectivity index (χ0v) is 15.3. The summed E-state index contributed by atoms with van der Waals surface area (Å²) in [6.45, 7) is 2.11. The highest BCUT2D eigenvalue weighted by Crippen LogP contribution is 2.23. The summed E-state index contributed by atoms with van der Waals surface area (Å²) in [6, 6.07) is 3.35. The maximum Gasteiger partial charge on any atom is 0.255 e. The van der Waals surface area contributed by atoms with E-state index in [0.717, 1.165) is 4.47 Å². The maximum atomic E-state index is 12.1.